The summed E-state index contributed by atoms with van der Waals surface area (Å²) in [7, 11) is 1.35. The van der Waals surface area contributed by atoms with Crippen molar-refractivity contribution < 1.29 is 29.9 Å². The Morgan fingerprint density at radius 3 is 1.35 bits per heavy atom. The minimum absolute atomic E-state index is 0. The smallest absolute Gasteiger partial charge is 0.325 e. The summed E-state index contributed by atoms with van der Waals surface area (Å²) in [6.45, 7) is 7.52. The molecule has 0 aromatic heterocycles. The van der Waals surface area contributed by atoms with Gasteiger partial charge in [-0.25, -0.2) is 0 Å². The first kappa shape index (κ1) is 17.9. The standard InChI is InChI=1S/C8H14O4.C2H5BO2.H2/c1-5(2)8(11-6(3)9)12-7(4)10;1-2(4)5-3;/h5,8H,1-4H3;3H2,1H3;1H. The molecule has 0 aliphatic carbocycles. The van der Waals surface area contributed by atoms with Crippen molar-refractivity contribution in [2.24, 2.45) is 5.92 Å². The summed E-state index contributed by atoms with van der Waals surface area (Å²) in [5, 5.41) is 0. The SMILES string of the molecule is BOC(C)=O.CC(=O)OC(OC(C)=O)C(C)C.[HH]. The minimum Gasteiger partial charge on any atom is -0.544 e. The zero-order valence-electron chi connectivity index (χ0n) is 11.1. The maximum atomic E-state index is 10.5. The van der Waals surface area contributed by atoms with Gasteiger partial charge in [0.15, 0.2) is 0 Å². The molecule has 0 radical (unpaired) electrons. The van der Waals surface area contributed by atoms with Crippen LogP contribution in [0.5, 0.6) is 0 Å². The summed E-state index contributed by atoms with van der Waals surface area (Å²) < 4.78 is 13.6. The highest BCUT2D eigenvalue weighted by Crippen LogP contribution is 2.08. The van der Waals surface area contributed by atoms with E-state index in [1.54, 1.807) is 13.8 Å². The fourth-order valence-electron chi connectivity index (χ4n) is 0.623. The lowest BCUT2D eigenvalue weighted by Gasteiger charge is -2.19. The van der Waals surface area contributed by atoms with Crippen LogP contribution in [0.4, 0.5) is 0 Å². The largest absolute Gasteiger partial charge is 0.544 e. The summed E-state index contributed by atoms with van der Waals surface area (Å²) in [5.74, 6) is -1.17. The minimum atomic E-state index is -0.764. The van der Waals surface area contributed by atoms with Gasteiger partial charge in [-0.1, -0.05) is 13.8 Å². The van der Waals surface area contributed by atoms with Crippen LogP contribution in [0.1, 0.15) is 36.0 Å². The molecular formula is C10H21BO6. The van der Waals surface area contributed by atoms with Crippen LogP contribution in [0, 0.1) is 5.92 Å². The molecule has 7 heteroatoms. The van der Waals surface area contributed by atoms with Crippen LogP contribution in [-0.4, -0.2) is 32.2 Å². The Kier molecular flexibility index (Phi) is 10.2. The van der Waals surface area contributed by atoms with Gasteiger partial charge in [-0.3, -0.25) is 14.4 Å². The monoisotopic (exact) mass is 248 g/mol. The van der Waals surface area contributed by atoms with E-state index in [2.05, 4.69) is 4.65 Å². The Bertz CT molecular complexity index is 253. The molecule has 0 aromatic rings. The molecule has 6 nitrogen and oxygen atoms in total. The molecule has 0 N–H and O–H groups in total. The van der Waals surface area contributed by atoms with E-state index in [4.69, 9.17) is 9.47 Å². The molecule has 0 saturated heterocycles. The van der Waals surface area contributed by atoms with E-state index >= 15 is 0 Å². The van der Waals surface area contributed by atoms with Crippen molar-refractivity contribution in [3.63, 3.8) is 0 Å². The molecule has 0 aromatic carbocycles. The van der Waals surface area contributed by atoms with E-state index in [-0.39, 0.29) is 13.3 Å². The second-order valence-electron chi connectivity index (χ2n) is 3.53. The van der Waals surface area contributed by atoms with Gasteiger partial charge in [-0.15, -0.1) is 0 Å². The van der Waals surface area contributed by atoms with Crippen LogP contribution < -0.4 is 0 Å². The molecule has 0 amide bonds. The predicted octanol–water partition coefficient (Wildman–Crippen LogP) is 0.438. The third-order valence-corrected chi connectivity index (χ3v) is 1.40. The van der Waals surface area contributed by atoms with Crippen LogP contribution in [0.15, 0.2) is 0 Å². The highest BCUT2D eigenvalue weighted by atomic mass is 16.7. The summed E-state index contributed by atoms with van der Waals surface area (Å²) in [6, 6.07) is 0. The summed E-state index contributed by atoms with van der Waals surface area (Å²) in [5.41, 5.74) is 0. The Morgan fingerprint density at radius 1 is 0.941 bits per heavy atom. The van der Waals surface area contributed by atoms with Gasteiger partial charge in [0.1, 0.15) is 0 Å². The van der Waals surface area contributed by atoms with Crippen molar-refractivity contribution in [1.82, 2.24) is 0 Å². The molecule has 0 aliphatic heterocycles. The van der Waals surface area contributed by atoms with Crippen molar-refractivity contribution in [2.45, 2.75) is 40.9 Å². The molecule has 0 aliphatic rings. The van der Waals surface area contributed by atoms with E-state index < -0.39 is 18.2 Å². The zero-order valence-corrected chi connectivity index (χ0v) is 11.1. The first-order valence-electron chi connectivity index (χ1n) is 5.09. The van der Waals surface area contributed by atoms with Crippen molar-refractivity contribution in [3.05, 3.63) is 0 Å². The van der Waals surface area contributed by atoms with Crippen LogP contribution in [-0.2, 0) is 28.5 Å². The van der Waals surface area contributed by atoms with Gasteiger partial charge in [0.05, 0.1) is 0 Å². The van der Waals surface area contributed by atoms with Gasteiger partial charge < -0.3 is 14.1 Å². The van der Waals surface area contributed by atoms with E-state index in [1.165, 1.54) is 28.8 Å². The maximum absolute atomic E-state index is 10.5. The van der Waals surface area contributed by atoms with Gasteiger partial charge in [-0.2, -0.15) is 0 Å². The molecule has 0 saturated carbocycles. The summed E-state index contributed by atoms with van der Waals surface area (Å²) in [4.78, 5) is 30.6. The average molecular weight is 248 g/mol. The number of hydrogen-bond acceptors (Lipinski definition) is 6. The quantitative estimate of drug-likeness (QED) is 0.409. The Balaban J connectivity index is -0.000000321. The van der Waals surface area contributed by atoms with Crippen molar-refractivity contribution in [2.75, 3.05) is 0 Å². The predicted molar refractivity (Wildman–Crippen MR) is 64.6 cm³/mol. The van der Waals surface area contributed by atoms with E-state index in [0.29, 0.717) is 0 Å². The lowest BCUT2D eigenvalue weighted by molar-refractivity contribution is -0.192. The molecule has 0 bridgehead atoms. The topological polar surface area (TPSA) is 78.9 Å². The molecule has 0 fully saturated rings. The molecular weight excluding hydrogens is 227 g/mol. The zero-order chi connectivity index (χ0) is 14.0. The van der Waals surface area contributed by atoms with Crippen LogP contribution >= 0.6 is 0 Å². The van der Waals surface area contributed by atoms with Gasteiger partial charge in [-0.05, 0) is 0 Å². The molecule has 0 rings (SSSR count). The normalized spacial score (nSPS) is 9.12. The highest BCUT2D eigenvalue weighted by molar-refractivity contribution is 6.04. The highest BCUT2D eigenvalue weighted by Gasteiger charge is 2.18. The van der Waals surface area contributed by atoms with Gasteiger partial charge in [0.25, 0.3) is 5.97 Å². The fourth-order valence-corrected chi connectivity index (χ4v) is 0.623. The first-order chi connectivity index (χ1) is 7.70. The van der Waals surface area contributed by atoms with Crippen molar-refractivity contribution in [3.8, 4) is 0 Å². The average Bonchev–Trinajstić information content (AvgIpc) is 2.16. The van der Waals surface area contributed by atoms with Crippen LogP contribution in [0.3, 0.4) is 0 Å². The molecule has 0 spiro atoms. The summed E-state index contributed by atoms with van der Waals surface area (Å²) >= 11 is 0. The molecule has 0 unspecified atom stereocenters. The van der Waals surface area contributed by atoms with Gasteiger partial charge in [0.2, 0.25) is 6.29 Å². The number of hydrogen-bond donors (Lipinski definition) is 0. The van der Waals surface area contributed by atoms with E-state index in [9.17, 15) is 14.4 Å². The molecule has 17 heavy (non-hydrogen) atoms. The summed E-state index contributed by atoms with van der Waals surface area (Å²) in [6.07, 6.45) is -0.764. The number of esters is 2. The third kappa shape index (κ3) is 14.5. The maximum Gasteiger partial charge on any atom is 0.325 e. The number of carbonyl (C=O) groups is 3. The lowest BCUT2D eigenvalue weighted by atomic mass is 10.2. The van der Waals surface area contributed by atoms with Gasteiger partial charge >= 0.3 is 20.0 Å². The van der Waals surface area contributed by atoms with Crippen LogP contribution in [0.2, 0.25) is 0 Å². The van der Waals surface area contributed by atoms with E-state index in [1.807, 2.05) is 0 Å². The fraction of sp³-hybridized carbons (Fsp3) is 0.700. The lowest BCUT2D eigenvalue weighted by Crippen LogP contribution is -2.27. The number of carbonyl (C=O) groups excluding carboxylic acids is 3. The second-order valence-corrected chi connectivity index (χ2v) is 3.53. The Morgan fingerprint density at radius 2 is 1.24 bits per heavy atom. The van der Waals surface area contributed by atoms with E-state index in [0.717, 1.165) is 0 Å². The first-order valence-corrected chi connectivity index (χ1v) is 5.09. The molecule has 0 atom stereocenters. The van der Waals surface area contributed by atoms with Crippen molar-refractivity contribution >= 4 is 26.0 Å². The molecule has 100 valence electrons. The molecule has 0 heterocycles. The third-order valence-electron chi connectivity index (χ3n) is 1.40. The van der Waals surface area contributed by atoms with Crippen LogP contribution in [0.25, 0.3) is 0 Å². The Hall–Kier alpha value is -1.53. The second kappa shape index (κ2) is 9.68. The number of ether oxygens (including phenoxy) is 2. The van der Waals surface area contributed by atoms with Gasteiger partial charge in [0, 0.05) is 28.1 Å². The Labute approximate surface area is 104 Å². The van der Waals surface area contributed by atoms with Crippen molar-refractivity contribution in [1.29, 1.82) is 0 Å². The number of rotatable bonds is 3.